The summed E-state index contributed by atoms with van der Waals surface area (Å²) >= 11 is 0. The van der Waals surface area contributed by atoms with Gasteiger partial charge < -0.3 is 15.0 Å². The summed E-state index contributed by atoms with van der Waals surface area (Å²) in [6, 6.07) is 14.0. The first-order valence-electron chi connectivity index (χ1n) is 9.42. The summed E-state index contributed by atoms with van der Waals surface area (Å²) in [6.07, 6.45) is 6.76. The van der Waals surface area contributed by atoms with E-state index in [0.29, 0.717) is 6.61 Å². The van der Waals surface area contributed by atoms with E-state index in [2.05, 4.69) is 16.4 Å². The number of carbonyl (C=O) groups is 1. The molecular weight excluding hydrogens is 326 g/mol. The minimum atomic E-state index is -0.208. The monoisotopic (exact) mass is 351 g/mol. The number of anilines is 1. The first kappa shape index (κ1) is 16.9. The molecule has 2 aliphatic rings. The maximum Gasteiger partial charge on any atom is 0.410 e. The van der Waals surface area contributed by atoms with Gasteiger partial charge in [-0.25, -0.2) is 9.78 Å². The summed E-state index contributed by atoms with van der Waals surface area (Å²) in [5.74, 6) is 1.01. The van der Waals surface area contributed by atoms with Crippen molar-refractivity contribution in [1.82, 2.24) is 9.88 Å². The minimum Gasteiger partial charge on any atom is -0.445 e. The summed E-state index contributed by atoms with van der Waals surface area (Å²) < 4.78 is 5.51. The van der Waals surface area contributed by atoms with Crippen LogP contribution in [0.1, 0.15) is 36.8 Å². The maximum absolute atomic E-state index is 12.5. The van der Waals surface area contributed by atoms with Crippen LogP contribution in [0.2, 0.25) is 0 Å². The van der Waals surface area contributed by atoms with E-state index in [1.807, 2.05) is 47.5 Å². The molecule has 0 bridgehead atoms. The van der Waals surface area contributed by atoms with E-state index in [4.69, 9.17) is 4.74 Å². The Morgan fingerprint density at radius 1 is 1.12 bits per heavy atom. The number of pyridine rings is 1. The highest BCUT2D eigenvalue weighted by Gasteiger charge is 2.37. The Morgan fingerprint density at radius 2 is 2.00 bits per heavy atom. The second kappa shape index (κ2) is 7.36. The van der Waals surface area contributed by atoms with Crippen LogP contribution in [-0.4, -0.2) is 34.6 Å². The van der Waals surface area contributed by atoms with Crippen LogP contribution in [0.25, 0.3) is 0 Å². The van der Waals surface area contributed by atoms with Crippen LogP contribution in [-0.2, 0) is 17.8 Å². The van der Waals surface area contributed by atoms with Crippen molar-refractivity contribution < 1.29 is 9.53 Å². The zero-order chi connectivity index (χ0) is 17.8. The van der Waals surface area contributed by atoms with Gasteiger partial charge in [0.15, 0.2) is 0 Å². The molecular formula is C21H25N3O2. The van der Waals surface area contributed by atoms with Crippen molar-refractivity contribution in [2.24, 2.45) is 0 Å². The highest BCUT2D eigenvalue weighted by atomic mass is 16.6. The highest BCUT2D eigenvalue weighted by Crippen LogP contribution is 2.36. The quantitative estimate of drug-likeness (QED) is 0.888. The molecule has 3 heterocycles. The van der Waals surface area contributed by atoms with Crippen molar-refractivity contribution in [3.63, 3.8) is 0 Å². The number of aryl methyl sites for hydroxylation is 1. The van der Waals surface area contributed by atoms with Crippen LogP contribution in [0.15, 0.2) is 48.7 Å². The molecule has 0 aliphatic carbocycles. The second-order valence-corrected chi connectivity index (χ2v) is 7.30. The Morgan fingerprint density at radius 3 is 2.88 bits per heavy atom. The predicted octanol–water partition coefficient (Wildman–Crippen LogP) is 4.00. The number of hydrogen-bond acceptors (Lipinski definition) is 4. The number of nitrogens with zero attached hydrogens (tertiary/aromatic N) is 2. The summed E-state index contributed by atoms with van der Waals surface area (Å²) in [6.45, 7) is 1.81. The molecule has 1 saturated heterocycles. The van der Waals surface area contributed by atoms with E-state index in [1.165, 1.54) is 5.56 Å². The molecule has 2 aromatic rings. The molecule has 1 amide bonds. The number of ether oxygens (including phenoxy) is 1. The molecule has 136 valence electrons. The topological polar surface area (TPSA) is 54.5 Å². The third kappa shape index (κ3) is 3.66. The van der Waals surface area contributed by atoms with Crippen molar-refractivity contribution in [2.45, 2.75) is 44.2 Å². The number of hydrogen-bond donors (Lipinski definition) is 1. The molecule has 1 atom stereocenters. The number of benzene rings is 1. The summed E-state index contributed by atoms with van der Waals surface area (Å²) in [4.78, 5) is 18.8. The second-order valence-electron chi connectivity index (χ2n) is 7.30. The van der Waals surface area contributed by atoms with Crippen LogP contribution in [0.4, 0.5) is 10.6 Å². The number of likely N-dealkylation sites (tertiary alicyclic amines) is 1. The lowest BCUT2D eigenvalue weighted by Gasteiger charge is -2.38. The Hall–Kier alpha value is -2.56. The molecule has 1 aromatic heterocycles. The molecule has 1 aromatic carbocycles. The van der Waals surface area contributed by atoms with Crippen LogP contribution in [0.5, 0.6) is 0 Å². The number of rotatable bonds is 2. The predicted molar refractivity (Wildman–Crippen MR) is 101 cm³/mol. The van der Waals surface area contributed by atoms with E-state index < -0.39 is 0 Å². The lowest BCUT2D eigenvalue weighted by Crippen LogP contribution is -2.43. The minimum absolute atomic E-state index is 0.0514. The van der Waals surface area contributed by atoms with E-state index in [9.17, 15) is 4.79 Å². The van der Waals surface area contributed by atoms with E-state index in [0.717, 1.165) is 56.6 Å². The van der Waals surface area contributed by atoms with E-state index >= 15 is 0 Å². The normalized spacial score (nSPS) is 22.2. The molecule has 26 heavy (non-hydrogen) atoms. The highest BCUT2D eigenvalue weighted by molar-refractivity contribution is 5.67. The number of fused-ring (bicyclic) bond motifs is 1. The smallest absolute Gasteiger partial charge is 0.410 e. The largest absolute Gasteiger partial charge is 0.445 e. The molecule has 5 heteroatoms. The van der Waals surface area contributed by atoms with Crippen LogP contribution in [0, 0.1) is 0 Å². The molecule has 4 rings (SSSR count). The number of carbonyl (C=O) groups excluding carboxylic acids is 1. The summed E-state index contributed by atoms with van der Waals surface area (Å²) in [5, 5.41) is 3.68. The van der Waals surface area contributed by atoms with Crippen LogP contribution >= 0.6 is 0 Å². The van der Waals surface area contributed by atoms with Crippen molar-refractivity contribution >= 4 is 11.9 Å². The van der Waals surface area contributed by atoms with Crippen molar-refractivity contribution in [3.8, 4) is 0 Å². The third-order valence-corrected chi connectivity index (χ3v) is 5.55. The lowest BCUT2D eigenvalue weighted by atomic mass is 9.82. The van der Waals surface area contributed by atoms with E-state index in [-0.39, 0.29) is 11.6 Å². The zero-order valence-electron chi connectivity index (χ0n) is 15.0. The average molecular weight is 351 g/mol. The fourth-order valence-corrected chi connectivity index (χ4v) is 4.00. The SMILES string of the molecule is O=C(OCc1ccccc1)N1CCCC2(CCc3cccnc3N2)CC1. The number of nitrogens with one attached hydrogen (secondary N) is 1. The van der Waals surface area contributed by atoms with Gasteiger partial charge in [-0.1, -0.05) is 36.4 Å². The van der Waals surface area contributed by atoms with Crippen LogP contribution < -0.4 is 5.32 Å². The zero-order valence-corrected chi connectivity index (χ0v) is 15.0. The molecule has 2 aliphatic heterocycles. The van der Waals surface area contributed by atoms with Gasteiger partial charge in [0.1, 0.15) is 12.4 Å². The van der Waals surface area contributed by atoms with Gasteiger partial charge in [0.2, 0.25) is 0 Å². The Bertz CT molecular complexity index is 765. The van der Waals surface area contributed by atoms with Crippen molar-refractivity contribution in [3.05, 3.63) is 59.8 Å². The Kier molecular flexibility index (Phi) is 4.78. The first-order chi connectivity index (χ1) is 12.7. The number of aromatic nitrogens is 1. The Labute approximate surface area is 154 Å². The molecule has 1 N–H and O–H groups in total. The fourth-order valence-electron chi connectivity index (χ4n) is 4.00. The fraction of sp³-hybridized carbons (Fsp3) is 0.429. The van der Waals surface area contributed by atoms with Gasteiger partial charge in [-0.3, -0.25) is 0 Å². The number of amides is 1. The molecule has 0 radical (unpaired) electrons. The van der Waals surface area contributed by atoms with Gasteiger partial charge in [-0.05, 0) is 49.3 Å². The van der Waals surface area contributed by atoms with Gasteiger partial charge in [0, 0.05) is 24.8 Å². The maximum atomic E-state index is 12.5. The third-order valence-electron chi connectivity index (χ3n) is 5.55. The van der Waals surface area contributed by atoms with Gasteiger partial charge in [-0.15, -0.1) is 0 Å². The summed E-state index contributed by atoms with van der Waals surface area (Å²) in [5.41, 5.74) is 2.36. The molecule has 1 unspecified atom stereocenters. The Balaban J connectivity index is 1.35. The first-order valence-corrected chi connectivity index (χ1v) is 9.42. The summed E-state index contributed by atoms with van der Waals surface area (Å²) in [7, 11) is 0. The average Bonchev–Trinajstić information content (AvgIpc) is 2.89. The van der Waals surface area contributed by atoms with Crippen LogP contribution in [0.3, 0.4) is 0 Å². The van der Waals surface area contributed by atoms with Gasteiger partial charge in [0.25, 0.3) is 0 Å². The van der Waals surface area contributed by atoms with Crippen molar-refractivity contribution in [2.75, 3.05) is 18.4 Å². The molecule has 1 spiro atoms. The molecule has 1 fully saturated rings. The lowest BCUT2D eigenvalue weighted by molar-refractivity contribution is 0.0969. The van der Waals surface area contributed by atoms with Crippen molar-refractivity contribution in [1.29, 1.82) is 0 Å². The standard InChI is InChI=1S/C21H25N3O2/c25-20(26-16-17-6-2-1-3-7-17)24-14-5-10-21(12-15-24)11-9-18-8-4-13-22-19(18)23-21/h1-4,6-8,13H,5,9-12,14-16H2,(H,22,23). The van der Waals surface area contributed by atoms with E-state index in [1.54, 1.807) is 0 Å². The van der Waals surface area contributed by atoms with Gasteiger partial charge >= 0.3 is 6.09 Å². The van der Waals surface area contributed by atoms with Gasteiger partial charge in [-0.2, -0.15) is 0 Å². The molecule has 0 saturated carbocycles. The van der Waals surface area contributed by atoms with Gasteiger partial charge in [0.05, 0.1) is 0 Å². The molecule has 5 nitrogen and oxygen atoms in total.